The maximum Gasteiger partial charge on any atom is 0.134 e. The third-order valence-electron chi connectivity index (χ3n) is 4.97. The van der Waals surface area contributed by atoms with Gasteiger partial charge in [-0.15, -0.1) is 21.5 Å². The molecule has 0 spiro atoms. The summed E-state index contributed by atoms with van der Waals surface area (Å²) in [6.07, 6.45) is 4.60. The third kappa shape index (κ3) is 2.21. The Bertz CT molecular complexity index is 646. The molecule has 4 heterocycles. The molecule has 2 aromatic heterocycles. The van der Waals surface area contributed by atoms with Crippen LogP contribution in [0, 0.1) is 6.92 Å². The summed E-state index contributed by atoms with van der Waals surface area (Å²) in [6.45, 7) is 6.39. The number of nitrogens with zero attached hydrogens (tertiary/aromatic N) is 5. The molecule has 0 aliphatic carbocycles. The predicted octanol–water partition coefficient (Wildman–Crippen LogP) is 2.19. The number of hydrogen-bond acceptors (Lipinski definition) is 5. The van der Waals surface area contributed by atoms with Crippen LogP contribution in [0.2, 0.25) is 0 Å². The van der Waals surface area contributed by atoms with Crippen LogP contribution < -0.4 is 0 Å². The average Bonchev–Trinajstić information content (AvgIpc) is 3.11. The number of rotatable bonds is 3. The van der Waals surface area contributed by atoms with E-state index in [1.165, 1.54) is 29.2 Å². The highest BCUT2D eigenvalue weighted by Crippen LogP contribution is 2.33. The largest absolute Gasteiger partial charge is 0.313 e. The molecule has 2 aliphatic heterocycles. The van der Waals surface area contributed by atoms with Gasteiger partial charge in [0.25, 0.3) is 0 Å². The lowest BCUT2D eigenvalue weighted by atomic mass is 10.1. The lowest BCUT2D eigenvalue weighted by molar-refractivity contribution is 0.181. The average molecular weight is 303 g/mol. The standard InChI is InChI=1S/C15H21N5S/c1-3-14-17-18-15-6-11-4-5-12(7-20(14)15)19(11)8-13-10(2)16-9-21-13/h9,11-12H,3-8H2,1-2H3/t11-,12+/m0/s1. The molecule has 112 valence electrons. The van der Waals surface area contributed by atoms with E-state index in [2.05, 4.69) is 38.5 Å². The maximum absolute atomic E-state index is 4.43. The van der Waals surface area contributed by atoms with E-state index in [1.54, 1.807) is 11.3 Å². The van der Waals surface area contributed by atoms with Gasteiger partial charge in [0.05, 0.1) is 11.2 Å². The van der Waals surface area contributed by atoms with Crippen molar-refractivity contribution in [1.29, 1.82) is 0 Å². The van der Waals surface area contributed by atoms with E-state index in [0.29, 0.717) is 12.1 Å². The molecule has 0 aromatic carbocycles. The van der Waals surface area contributed by atoms with E-state index in [-0.39, 0.29) is 0 Å². The first-order valence-corrected chi connectivity index (χ1v) is 8.70. The second-order valence-electron chi connectivity index (χ2n) is 6.12. The highest BCUT2D eigenvalue weighted by atomic mass is 32.1. The van der Waals surface area contributed by atoms with Crippen molar-refractivity contribution in [2.45, 2.75) is 64.7 Å². The van der Waals surface area contributed by atoms with E-state index in [1.807, 2.05) is 5.51 Å². The monoisotopic (exact) mass is 303 g/mol. The van der Waals surface area contributed by atoms with E-state index in [9.17, 15) is 0 Å². The second-order valence-corrected chi connectivity index (χ2v) is 7.06. The van der Waals surface area contributed by atoms with E-state index in [4.69, 9.17) is 0 Å². The minimum atomic E-state index is 0.617. The Morgan fingerprint density at radius 3 is 2.90 bits per heavy atom. The van der Waals surface area contributed by atoms with Crippen LogP contribution in [0.25, 0.3) is 0 Å². The van der Waals surface area contributed by atoms with Crippen molar-refractivity contribution in [3.8, 4) is 0 Å². The van der Waals surface area contributed by atoms with Gasteiger partial charge in [0, 0.05) is 42.9 Å². The van der Waals surface area contributed by atoms with Gasteiger partial charge in [-0.1, -0.05) is 6.92 Å². The molecule has 2 bridgehead atoms. The summed E-state index contributed by atoms with van der Waals surface area (Å²) in [5, 5.41) is 8.79. The molecule has 1 fully saturated rings. The molecular weight excluding hydrogens is 282 g/mol. The molecule has 2 aromatic rings. The zero-order chi connectivity index (χ0) is 14.4. The Labute approximate surface area is 129 Å². The summed E-state index contributed by atoms with van der Waals surface area (Å²) < 4.78 is 2.37. The van der Waals surface area contributed by atoms with Crippen molar-refractivity contribution < 1.29 is 0 Å². The second kappa shape index (κ2) is 5.18. The first-order valence-electron chi connectivity index (χ1n) is 7.82. The summed E-state index contributed by atoms with van der Waals surface area (Å²) >= 11 is 1.79. The summed E-state index contributed by atoms with van der Waals surface area (Å²) in [7, 11) is 0. The minimum absolute atomic E-state index is 0.617. The third-order valence-corrected chi connectivity index (χ3v) is 5.89. The SMILES string of the molecule is CCc1nnc2n1C[C@H]1CC[C@@H](C2)N1Cc1scnc1C. The van der Waals surface area contributed by atoms with Gasteiger partial charge in [0.1, 0.15) is 11.6 Å². The van der Waals surface area contributed by atoms with E-state index < -0.39 is 0 Å². The maximum atomic E-state index is 4.43. The van der Waals surface area contributed by atoms with Gasteiger partial charge in [-0.3, -0.25) is 4.90 Å². The lowest BCUT2D eigenvalue weighted by Gasteiger charge is -2.27. The molecular formula is C15H21N5S. The molecule has 4 rings (SSSR count). The Hall–Kier alpha value is -1.27. The van der Waals surface area contributed by atoms with Crippen LogP contribution in [0.15, 0.2) is 5.51 Å². The fourth-order valence-electron chi connectivity index (χ4n) is 3.75. The minimum Gasteiger partial charge on any atom is -0.313 e. The molecule has 2 aliphatic rings. The molecule has 5 nitrogen and oxygen atoms in total. The van der Waals surface area contributed by atoms with Crippen molar-refractivity contribution in [1.82, 2.24) is 24.6 Å². The summed E-state index contributed by atoms with van der Waals surface area (Å²) in [5.41, 5.74) is 3.16. The molecule has 0 N–H and O–H groups in total. The zero-order valence-electron chi connectivity index (χ0n) is 12.6. The molecule has 1 saturated heterocycles. The highest BCUT2D eigenvalue weighted by Gasteiger charge is 2.38. The van der Waals surface area contributed by atoms with Crippen LogP contribution in [0.5, 0.6) is 0 Å². The lowest BCUT2D eigenvalue weighted by Crippen LogP contribution is -2.36. The van der Waals surface area contributed by atoms with Crippen LogP contribution in [-0.4, -0.2) is 36.7 Å². The van der Waals surface area contributed by atoms with Crippen molar-refractivity contribution in [2.75, 3.05) is 0 Å². The van der Waals surface area contributed by atoms with Gasteiger partial charge < -0.3 is 4.57 Å². The van der Waals surface area contributed by atoms with Crippen molar-refractivity contribution in [3.63, 3.8) is 0 Å². The van der Waals surface area contributed by atoms with Gasteiger partial charge in [-0.25, -0.2) is 4.98 Å². The number of aromatic nitrogens is 4. The number of thiazole rings is 1. The van der Waals surface area contributed by atoms with Crippen LogP contribution in [0.3, 0.4) is 0 Å². The molecule has 6 heteroatoms. The Kier molecular flexibility index (Phi) is 3.30. The Morgan fingerprint density at radius 2 is 2.14 bits per heavy atom. The normalized spacial score (nSPS) is 25.0. The summed E-state index contributed by atoms with van der Waals surface area (Å²) in [5.74, 6) is 2.33. The molecule has 21 heavy (non-hydrogen) atoms. The molecule has 0 radical (unpaired) electrons. The van der Waals surface area contributed by atoms with Gasteiger partial charge in [0.2, 0.25) is 0 Å². The molecule has 0 saturated carbocycles. The van der Waals surface area contributed by atoms with Crippen molar-refractivity contribution in [3.05, 3.63) is 27.7 Å². The predicted molar refractivity (Wildman–Crippen MR) is 82.3 cm³/mol. The Morgan fingerprint density at radius 1 is 1.29 bits per heavy atom. The van der Waals surface area contributed by atoms with Gasteiger partial charge >= 0.3 is 0 Å². The summed E-state index contributed by atoms with van der Waals surface area (Å²) in [4.78, 5) is 8.50. The first-order chi connectivity index (χ1) is 10.3. The van der Waals surface area contributed by atoms with Crippen LogP contribution in [-0.2, 0) is 25.9 Å². The van der Waals surface area contributed by atoms with Crippen LogP contribution in [0.1, 0.15) is 42.0 Å². The highest BCUT2D eigenvalue weighted by molar-refractivity contribution is 7.09. The van der Waals surface area contributed by atoms with Gasteiger partial charge in [0.15, 0.2) is 0 Å². The van der Waals surface area contributed by atoms with Crippen LogP contribution >= 0.6 is 11.3 Å². The van der Waals surface area contributed by atoms with Crippen molar-refractivity contribution in [2.24, 2.45) is 0 Å². The van der Waals surface area contributed by atoms with Gasteiger partial charge in [-0.05, 0) is 19.8 Å². The fraction of sp³-hybridized carbons (Fsp3) is 0.667. The zero-order valence-corrected chi connectivity index (χ0v) is 13.4. The number of fused-ring (bicyclic) bond motifs is 3. The molecule has 2 atom stereocenters. The van der Waals surface area contributed by atoms with Crippen LogP contribution in [0.4, 0.5) is 0 Å². The van der Waals surface area contributed by atoms with E-state index in [0.717, 1.165) is 31.8 Å². The summed E-state index contributed by atoms with van der Waals surface area (Å²) in [6, 6.07) is 1.24. The van der Waals surface area contributed by atoms with Gasteiger partial charge in [-0.2, -0.15) is 0 Å². The van der Waals surface area contributed by atoms with E-state index >= 15 is 0 Å². The quantitative estimate of drug-likeness (QED) is 0.872. The smallest absolute Gasteiger partial charge is 0.134 e. The topological polar surface area (TPSA) is 46.8 Å². The number of aryl methyl sites for hydroxylation is 2. The fourth-order valence-corrected chi connectivity index (χ4v) is 4.53. The Balaban J connectivity index is 1.62. The molecule has 0 amide bonds. The molecule has 0 unspecified atom stereocenters. The number of hydrogen-bond donors (Lipinski definition) is 0. The first kappa shape index (κ1) is 13.4. The van der Waals surface area contributed by atoms with Crippen molar-refractivity contribution >= 4 is 11.3 Å².